The lowest BCUT2D eigenvalue weighted by molar-refractivity contribution is -0.163. The van der Waals surface area contributed by atoms with E-state index in [1.54, 1.807) is 6.08 Å². The van der Waals surface area contributed by atoms with Gasteiger partial charge in [-0.05, 0) is 31.0 Å². The SMILES string of the molecule is O=C(O)[C@@H]1CC[C@@H](NC/C=C/c2cc(F)ccc2F)[C@@H](CC(O)CO)O1. The molecule has 26 heavy (non-hydrogen) atoms. The summed E-state index contributed by atoms with van der Waals surface area (Å²) in [5.41, 5.74) is 0.130. The van der Waals surface area contributed by atoms with Crippen LogP contribution in [-0.2, 0) is 9.53 Å². The number of carbonyl (C=O) groups is 1. The van der Waals surface area contributed by atoms with Crippen LogP contribution in [-0.4, -0.2) is 58.8 Å². The Morgan fingerprint density at radius 3 is 2.85 bits per heavy atom. The molecule has 1 heterocycles. The van der Waals surface area contributed by atoms with Crippen LogP contribution >= 0.6 is 0 Å². The van der Waals surface area contributed by atoms with Crippen LogP contribution in [0.4, 0.5) is 8.78 Å². The fraction of sp³-hybridized carbons (Fsp3) is 0.500. The number of benzene rings is 1. The molecule has 4 N–H and O–H groups in total. The van der Waals surface area contributed by atoms with Crippen LogP contribution in [0.3, 0.4) is 0 Å². The van der Waals surface area contributed by atoms with Crippen molar-refractivity contribution in [3.05, 3.63) is 41.5 Å². The molecule has 4 atom stereocenters. The number of hydrogen-bond acceptors (Lipinski definition) is 5. The van der Waals surface area contributed by atoms with E-state index in [2.05, 4.69) is 5.32 Å². The van der Waals surface area contributed by atoms with E-state index in [1.807, 2.05) is 0 Å². The first-order valence-electron chi connectivity index (χ1n) is 8.43. The van der Waals surface area contributed by atoms with Crippen molar-refractivity contribution < 1.29 is 33.6 Å². The van der Waals surface area contributed by atoms with Crippen molar-refractivity contribution in [2.75, 3.05) is 13.2 Å². The van der Waals surface area contributed by atoms with E-state index >= 15 is 0 Å². The number of nitrogens with one attached hydrogen (secondary N) is 1. The van der Waals surface area contributed by atoms with Gasteiger partial charge in [0.1, 0.15) is 11.6 Å². The van der Waals surface area contributed by atoms with Crippen molar-refractivity contribution >= 4 is 12.0 Å². The average Bonchev–Trinajstić information content (AvgIpc) is 2.62. The highest BCUT2D eigenvalue weighted by Gasteiger charge is 2.35. The maximum absolute atomic E-state index is 13.5. The molecule has 1 aromatic carbocycles. The van der Waals surface area contributed by atoms with Crippen LogP contribution in [0, 0.1) is 11.6 Å². The maximum Gasteiger partial charge on any atom is 0.332 e. The third kappa shape index (κ3) is 5.84. The number of halogens is 2. The van der Waals surface area contributed by atoms with Gasteiger partial charge in [-0.1, -0.05) is 12.2 Å². The third-order valence-corrected chi connectivity index (χ3v) is 4.27. The molecular weight excluding hydrogens is 348 g/mol. The zero-order valence-electron chi connectivity index (χ0n) is 14.1. The molecule has 2 rings (SSSR count). The summed E-state index contributed by atoms with van der Waals surface area (Å²) in [6.07, 6.45) is 1.48. The summed E-state index contributed by atoms with van der Waals surface area (Å²) in [7, 11) is 0. The Bertz CT molecular complexity index is 640. The molecule has 0 aliphatic carbocycles. The number of aliphatic carboxylic acids is 1. The molecule has 8 heteroatoms. The van der Waals surface area contributed by atoms with Crippen LogP contribution in [0.2, 0.25) is 0 Å². The average molecular weight is 371 g/mol. The van der Waals surface area contributed by atoms with Crippen molar-refractivity contribution in [3.8, 4) is 0 Å². The largest absolute Gasteiger partial charge is 0.479 e. The third-order valence-electron chi connectivity index (χ3n) is 4.27. The monoisotopic (exact) mass is 371 g/mol. The second-order valence-corrected chi connectivity index (χ2v) is 6.23. The molecule has 1 unspecified atom stereocenters. The summed E-state index contributed by atoms with van der Waals surface area (Å²) in [6.45, 7) is -0.115. The first-order chi connectivity index (χ1) is 12.4. The first-order valence-corrected chi connectivity index (χ1v) is 8.43. The van der Waals surface area contributed by atoms with Gasteiger partial charge < -0.3 is 25.4 Å². The zero-order chi connectivity index (χ0) is 19.1. The summed E-state index contributed by atoms with van der Waals surface area (Å²) >= 11 is 0. The number of hydrogen-bond donors (Lipinski definition) is 4. The Morgan fingerprint density at radius 1 is 1.38 bits per heavy atom. The van der Waals surface area contributed by atoms with Crippen molar-refractivity contribution in [3.63, 3.8) is 0 Å². The second kappa shape index (κ2) is 9.72. The molecule has 1 fully saturated rings. The van der Waals surface area contributed by atoms with Crippen LogP contribution in [0.15, 0.2) is 24.3 Å². The molecule has 0 bridgehead atoms. The van der Waals surface area contributed by atoms with E-state index in [0.717, 1.165) is 18.2 Å². The zero-order valence-corrected chi connectivity index (χ0v) is 14.1. The molecule has 0 radical (unpaired) electrons. The number of rotatable bonds is 8. The molecule has 0 spiro atoms. The van der Waals surface area contributed by atoms with E-state index < -0.39 is 42.5 Å². The normalized spacial score (nSPS) is 24.7. The molecular formula is C18H23F2NO5. The second-order valence-electron chi connectivity index (χ2n) is 6.23. The smallest absolute Gasteiger partial charge is 0.332 e. The summed E-state index contributed by atoms with van der Waals surface area (Å²) in [4.78, 5) is 11.1. The van der Waals surface area contributed by atoms with E-state index in [0.29, 0.717) is 19.4 Å². The van der Waals surface area contributed by atoms with Crippen molar-refractivity contribution in [1.82, 2.24) is 5.32 Å². The fourth-order valence-corrected chi connectivity index (χ4v) is 2.92. The minimum Gasteiger partial charge on any atom is -0.479 e. The predicted octanol–water partition coefficient (Wildman–Crippen LogP) is 1.31. The van der Waals surface area contributed by atoms with Gasteiger partial charge in [-0.15, -0.1) is 0 Å². The Balaban J connectivity index is 1.93. The van der Waals surface area contributed by atoms with Crippen LogP contribution < -0.4 is 5.32 Å². The summed E-state index contributed by atoms with van der Waals surface area (Å²) in [5.74, 6) is -2.12. The van der Waals surface area contributed by atoms with Gasteiger partial charge in [-0.3, -0.25) is 0 Å². The van der Waals surface area contributed by atoms with Gasteiger partial charge in [-0.25, -0.2) is 13.6 Å². The lowest BCUT2D eigenvalue weighted by Crippen LogP contribution is -2.50. The van der Waals surface area contributed by atoms with Crippen molar-refractivity contribution in [2.45, 2.75) is 43.6 Å². The molecule has 1 aliphatic rings. The Labute approximate surface area is 150 Å². The quantitative estimate of drug-likeness (QED) is 0.550. The van der Waals surface area contributed by atoms with Gasteiger partial charge in [-0.2, -0.15) is 0 Å². The standard InChI is InChI=1S/C18H23F2NO5/c19-12-3-4-14(20)11(8-12)2-1-7-21-15-5-6-16(18(24)25)26-17(15)9-13(23)10-22/h1-4,8,13,15-17,21-23H,5-7,9-10H2,(H,24,25)/b2-1+/t13?,15-,16+,17-/m1/s1. The maximum atomic E-state index is 13.5. The summed E-state index contributed by atoms with van der Waals surface area (Å²) < 4.78 is 32.2. The highest BCUT2D eigenvalue weighted by Crippen LogP contribution is 2.23. The minimum absolute atomic E-state index is 0.0974. The van der Waals surface area contributed by atoms with E-state index in [9.17, 15) is 18.7 Å². The van der Waals surface area contributed by atoms with Crippen molar-refractivity contribution in [1.29, 1.82) is 0 Å². The van der Waals surface area contributed by atoms with Crippen LogP contribution in [0.25, 0.3) is 6.08 Å². The van der Waals surface area contributed by atoms with Gasteiger partial charge in [0.05, 0.1) is 18.8 Å². The highest BCUT2D eigenvalue weighted by atomic mass is 19.1. The lowest BCUT2D eigenvalue weighted by Gasteiger charge is -2.36. The first kappa shape index (κ1) is 20.4. The Kier molecular flexibility index (Phi) is 7.65. The van der Waals surface area contributed by atoms with E-state index in [1.165, 1.54) is 6.08 Å². The Hall–Kier alpha value is -1.87. The van der Waals surface area contributed by atoms with E-state index in [4.69, 9.17) is 14.9 Å². The van der Waals surface area contributed by atoms with Gasteiger partial charge in [0.15, 0.2) is 6.10 Å². The molecule has 6 nitrogen and oxygen atoms in total. The summed E-state index contributed by atoms with van der Waals surface area (Å²) in [5, 5.41) is 30.9. The molecule has 0 aromatic heterocycles. The minimum atomic E-state index is -1.06. The van der Waals surface area contributed by atoms with Crippen molar-refractivity contribution in [2.24, 2.45) is 0 Å². The van der Waals surface area contributed by atoms with Crippen LogP contribution in [0.1, 0.15) is 24.8 Å². The van der Waals surface area contributed by atoms with Gasteiger partial charge in [0.2, 0.25) is 0 Å². The molecule has 1 aromatic rings. The Morgan fingerprint density at radius 2 is 2.15 bits per heavy atom. The van der Waals surface area contributed by atoms with Crippen LogP contribution in [0.5, 0.6) is 0 Å². The molecule has 0 amide bonds. The highest BCUT2D eigenvalue weighted by molar-refractivity contribution is 5.72. The van der Waals surface area contributed by atoms with E-state index in [-0.39, 0.29) is 18.0 Å². The number of aliphatic hydroxyl groups is 2. The fourth-order valence-electron chi connectivity index (χ4n) is 2.92. The molecule has 0 saturated carbocycles. The number of aliphatic hydroxyl groups excluding tert-OH is 2. The lowest BCUT2D eigenvalue weighted by atomic mass is 9.94. The molecule has 1 saturated heterocycles. The molecule has 1 aliphatic heterocycles. The predicted molar refractivity (Wildman–Crippen MR) is 90.4 cm³/mol. The summed E-state index contributed by atoms with van der Waals surface area (Å²) in [6, 6.07) is 2.96. The number of carboxylic acids is 1. The number of carboxylic acid groups (broad SMARTS) is 1. The van der Waals surface area contributed by atoms with Gasteiger partial charge >= 0.3 is 5.97 Å². The number of ether oxygens (including phenoxy) is 1. The topological polar surface area (TPSA) is 99.0 Å². The molecule has 144 valence electrons. The van der Waals surface area contributed by atoms with Gasteiger partial charge in [0, 0.05) is 24.6 Å². The van der Waals surface area contributed by atoms with Gasteiger partial charge in [0.25, 0.3) is 0 Å².